The van der Waals surface area contributed by atoms with Crippen molar-refractivity contribution in [1.82, 2.24) is 16.0 Å². The lowest BCUT2D eigenvalue weighted by atomic mass is 9.80. The van der Waals surface area contributed by atoms with Crippen LogP contribution in [0.5, 0.6) is 0 Å². The van der Waals surface area contributed by atoms with Crippen molar-refractivity contribution in [2.45, 2.75) is 63.5 Å². The molecular weight excluding hydrogens is 318 g/mol. The maximum Gasteiger partial charge on any atom is 0.251 e. The first-order valence-electron chi connectivity index (χ1n) is 8.60. The number of halogens is 1. The van der Waals surface area contributed by atoms with E-state index in [2.05, 4.69) is 22.9 Å². The number of carbonyl (C=O) groups is 2. The fraction of sp³-hybridized carbons (Fsp3) is 0.875. The average Bonchev–Trinajstić information content (AvgIpc) is 2.56. The lowest BCUT2D eigenvalue weighted by molar-refractivity contribution is -0.142. The zero-order chi connectivity index (χ0) is 15.8. The van der Waals surface area contributed by atoms with Gasteiger partial charge in [0.15, 0.2) is 0 Å². The predicted octanol–water partition coefficient (Wildman–Crippen LogP) is 1.13. The van der Waals surface area contributed by atoms with Crippen LogP contribution in [-0.2, 0) is 14.3 Å². The van der Waals surface area contributed by atoms with Crippen molar-refractivity contribution in [2.75, 3.05) is 26.2 Å². The Kier molecular flexibility index (Phi) is 8.87. The second kappa shape index (κ2) is 10.1. The molecule has 3 N–H and O–H groups in total. The number of amides is 2. The topological polar surface area (TPSA) is 79.5 Å². The van der Waals surface area contributed by atoms with Crippen LogP contribution >= 0.6 is 12.4 Å². The summed E-state index contributed by atoms with van der Waals surface area (Å²) in [5, 5.41) is 9.16. The largest absolute Gasteiger partial charge is 0.366 e. The summed E-state index contributed by atoms with van der Waals surface area (Å²) >= 11 is 0. The molecule has 23 heavy (non-hydrogen) atoms. The Hall–Kier alpha value is -0.850. The molecule has 6 nitrogen and oxygen atoms in total. The lowest BCUT2D eigenvalue weighted by Gasteiger charge is -2.38. The maximum atomic E-state index is 12.6. The minimum absolute atomic E-state index is 0. The van der Waals surface area contributed by atoms with Crippen molar-refractivity contribution < 1.29 is 14.3 Å². The Morgan fingerprint density at radius 2 is 2.00 bits per heavy atom. The molecule has 2 amide bonds. The van der Waals surface area contributed by atoms with Crippen LogP contribution in [0.25, 0.3) is 0 Å². The van der Waals surface area contributed by atoms with Crippen molar-refractivity contribution in [3.63, 3.8) is 0 Å². The number of unbranched alkanes of at least 4 members (excludes halogenated alkanes) is 1. The summed E-state index contributed by atoms with van der Waals surface area (Å²) < 4.78 is 5.50. The molecule has 1 saturated heterocycles. The third-order valence-corrected chi connectivity index (χ3v) is 4.54. The number of hydrogen-bond acceptors (Lipinski definition) is 4. The Bertz CT molecular complexity index is 381. The number of hydrogen-bond donors (Lipinski definition) is 3. The highest BCUT2D eigenvalue weighted by Gasteiger charge is 2.42. The van der Waals surface area contributed by atoms with Crippen LogP contribution < -0.4 is 16.0 Å². The van der Waals surface area contributed by atoms with Gasteiger partial charge >= 0.3 is 0 Å². The van der Waals surface area contributed by atoms with Crippen molar-refractivity contribution >= 4 is 24.2 Å². The molecule has 1 heterocycles. The van der Waals surface area contributed by atoms with Crippen molar-refractivity contribution in [1.29, 1.82) is 0 Å². The molecule has 0 spiro atoms. The molecule has 1 atom stereocenters. The number of morpholine rings is 1. The molecule has 0 bridgehead atoms. The normalized spacial score (nSPS) is 23.4. The van der Waals surface area contributed by atoms with E-state index < -0.39 is 11.6 Å². The summed E-state index contributed by atoms with van der Waals surface area (Å²) in [4.78, 5) is 25.1. The molecule has 1 aliphatic heterocycles. The lowest BCUT2D eigenvalue weighted by Crippen LogP contribution is -2.62. The number of rotatable bonds is 6. The maximum absolute atomic E-state index is 12.6. The van der Waals surface area contributed by atoms with Crippen LogP contribution in [0.2, 0.25) is 0 Å². The number of ether oxygens (including phenoxy) is 1. The molecule has 1 aliphatic carbocycles. The first-order chi connectivity index (χ1) is 10.7. The van der Waals surface area contributed by atoms with Gasteiger partial charge in [-0.05, 0) is 19.3 Å². The van der Waals surface area contributed by atoms with Gasteiger partial charge in [-0.3, -0.25) is 9.59 Å². The minimum Gasteiger partial charge on any atom is -0.366 e. The van der Waals surface area contributed by atoms with Gasteiger partial charge in [-0.25, -0.2) is 0 Å². The van der Waals surface area contributed by atoms with Gasteiger partial charge in [0.05, 0.1) is 6.61 Å². The molecule has 1 unspecified atom stereocenters. The van der Waals surface area contributed by atoms with E-state index >= 15 is 0 Å². The van der Waals surface area contributed by atoms with Crippen LogP contribution in [-0.4, -0.2) is 49.7 Å². The van der Waals surface area contributed by atoms with E-state index in [0.717, 1.165) is 51.5 Å². The summed E-state index contributed by atoms with van der Waals surface area (Å²) in [7, 11) is 0. The van der Waals surface area contributed by atoms with E-state index in [1.807, 2.05) is 0 Å². The summed E-state index contributed by atoms with van der Waals surface area (Å²) in [5.74, 6) is -0.197. The van der Waals surface area contributed by atoms with Gasteiger partial charge in [0.25, 0.3) is 5.91 Å². The molecule has 2 rings (SSSR count). The average molecular weight is 348 g/mol. The van der Waals surface area contributed by atoms with Crippen LogP contribution in [0.15, 0.2) is 0 Å². The first kappa shape index (κ1) is 20.2. The second-order valence-corrected chi connectivity index (χ2v) is 6.31. The zero-order valence-electron chi connectivity index (χ0n) is 14.0. The summed E-state index contributed by atoms with van der Waals surface area (Å²) in [6.07, 6.45) is 6.04. The third-order valence-electron chi connectivity index (χ3n) is 4.54. The molecule has 0 radical (unpaired) electrons. The molecule has 134 valence electrons. The van der Waals surface area contributed by atoms with Gasteiger partial charge in [0, 0.05) is 19.6 Å². The number of nitrogens with one attached hydrogen (secondary N) is 3. The molecule has 0 aromatic heterocycles. The Morgan fingerprint density at radius 3 is 2.61 bits per heavy atom. The van der Waals surface area contributed by atoms with Crippen LogP contribution in [0.4, 0.5) is 0 Å². The fourth-order valence-electron chi connectivity index (χ4n) is 3.16. The van der Waals surface area contributed by atoms with Gasteiger partial charge < -0.3 is 20.7 Å². The minimum atomic E-state index is -0.746. The van der Waals surface area contributed by atoms with Crippen molar-refractivity contribution in [2.24, 2.45) is 0 Å². The molecule has 7 heteroatoms. The SMILES string of the molecule is CCCCNC(=O)C1(NC(=O)C2CNCCO2)CCCCC1.Cl. The molecule has 0 aromatic rings. The molecule has 1 saturated carbocycles. The van der Waals surface area contributed by atoms with Crippen molar-refractivity contribution in [3.8, 4) is 0 Å². The molecule has 0 aromatic carbocycles. The van der Waals surface area contributed by atoms with Gasteiger partial charge in [0.2, 0.25) is 5.91 Å². The van der Waals surface area contributed by atoms with Gasteiger partial charge in [-0.2, -0.15) is 0 Å². The van der Waals surface area contributed by atoms with E-state index in [0.29, 0.717) is 19.7 Å². The smallest absolute Gasteiger partial charge is 0.251 e. The highest BCUT2D eigenvalue weighted by Crippen LogP contribution is 2.28. The molecule has 2 aliphatic rings. The highest BCUT2D eigenvalue weighted by molar-refractivity contribution is 5.93. The van der Waals surface area contributed by atoms with E-state index in [4.69, 9.17) is 4.74 Å². The Balaban J connectivity index is 0.00000264. The predicted molar refractivity (Wildman–Crippen MR) is 91.7 cm³/mol. The van der Waals surface area contributed by atoms with Crippen LogP contribution in [0, 0.1) is 0 Å². The van der Waals surface area contributed by atoms with E-state index in [1.165, 1.54) is 0 Å². The Labute approximate surface area is 144 Å². The van der Waals surface area contributed by atoms with Crippen LogP contribution in [0.3, 0.4) is 0 Å². The summed E-state index contributed by atoms with van der Waals surface area (Å²) in [6, 6.07) is 0. The van der Waals surface area contributed by atoms with E-state index in [-0.39, 0.29) is 24.2 Å². The zero-order valence-corrected chi connectivity index (χ0v) is 14.8. The molecule has 2 fully saturated rings. The molecular formula is C16H30ClN3O3. The van der Waals surface area contributed by atoms with E-state index in [1.54, 1.807) is 0 Å². The highest BCUT2D eigenvalue weighted by atomic mass is 35.5. The monoisotopic (exact) mass is 347 g/mol. The Morgan fingerprint density at radius 1 is 1.26 bits per heavy atom. The van der Waals surface area contributed by atoms with E-state index in [9.17, 15) is 9.59 Å². The second-order valence-electron chi connectivity index (χ2n) is 6.31. The number of carbonyl (C=O) groups excluding carboxylic acids is 2. The fourth-order valence-corrected chi connectivity index (χ4v) is 3.16. The van der Waals surface area contributed by atoms with Gasteiger partial charge in [-0.15, -0.1) is 12.4 Å². The van der Waals surface area contributed by atoms with Crippen LogP contribution in [0.1, 0.15) is 51.9 Å². The van der Waals surface area contributed by atoms with Gasteiger partial charge in [-0.1, -0.05) is 32.6 Å². The third kappa shape index (κ3) is 5.62. The summed E-state index contributed by atoms with van der Waals surface area (Å²) in [6.45, 7) is 4.59. The van der Waals surface area contributed by atoms with Gasteiger partial charge in [0.1, 0.15) is 11.6 Å². The standard InChI is InChI=1S/C16H29N3O3.ClH/c1-2-3-9-18-15(21)16(7-5-4-6-8-16)19-14(20)13-12-17-10-11-22-13;/h13,17H,2-12H2,1H3,(H,18,21)(H,19,20);1H. The summed E-state index contributed by atoms with van der Waals surface area (Å²) in [5.41, 5.74) is -0.746. The first-order valence-corrected chi connectivity index (χ1v) is 8.60. The quantitative estimate of drug-likeness (QED) is 0.629. The van der Waals surface area contributed by atoms with Crippen molar-refractivity contribution in [3.05, 3.63) is 0 Å².